The lowest BCUT2D eigenvalue weighted by Gasteiger charge is -2.29. The number of benzene rings is 2. The second kappa shape index (κ2) is 10.7. The van der Waals surface area contributed by atoms with Gasteiger partial charge in [-0.05, 0) is 58.9 Å². The molecule has 2 amide bonds. The fourth-order valence-electron chi connectivity index (χ4n) is 3.01. The van der Waals surface area contributed by atoms with E-state index in [1.165, 1.54) is 12.1 Å². The molecule has 2 aromatic carbocycles. The van der Waals surface area contributed by atoms with Crippen LogP contribution in [0.3, 0.4) is 0 Å². The summed E-state index contributed by atoms with van der Waals surface area (Å²) in [7, 11) is 0. The molecule has 2 aromatic rings. The monoisotopic (exact) mass is 438 g/mol. The second-order valence-electron chi connectivity index (χ2n) is 8.68. The summed E-state index contributed by atoms with van der Waals surface area (Å²) in [6, 6.07) is 14.5. The van der Waals surface area contributed by atoms with Gasteiger partial charge in [0.05, 0.1) is 5.54 Å². The SMILES string of the molecule is C/C(N)=C1\C[C@H](NC(=O)c2cccc(C)c2)C(=O)NC1=NC(C)(C)C.Fc1ccccc1. The smallest absolute Gasteiger partial charge is 0.251 e. The maximum absolute atomic E-state index is 12.4. The highest BCUT2D eigenvalue weighted by Gasteiger charge is 2.32. The Balaban J connectivity index is 0.000000439. The number of carbonyl (C=O) groups excluding carboxylic acids is 2. The third-order valence-electron chi connectivity index (χ3n) is 4.49. The Hall–Kier alpha value is -3.48. The summed E-state index contributed by atoms with van der Waals surface area (Å²) in [6.45, 7) is 9.52. The number of halogens is 1. The Bertz CT molecular complexity index is 1020. The number of piperidine rings is 1. The zero-order valence-corrected chi connectivity index (χ0v) is 19.2. The number of nitrogens with two attached hydrogens (primary N) is 1. The van der Waals surface area contributed by atoms with E-state index in [1.54, 1.807) is 37.3 Å². The number of nitrogens with one attached hydrogen (secondary N) is 2. The molecular formula is C25H31FN4O2. The third kappa shape index (κ3) is 7.65. The van der Waals surface area contributed by atoms with Crippen LogP contribution in [0.4, 0.5) is 4.39 Å². The number of nitrogens with zero attached hydrogens (tertiary/aromatic N) is 1. The summed E-state index contributed by atoms with van der Waals surface area (Å²) in [5.41, 5.74) is 8.48. The van der Waals surface area contributed by atoms with Gasteiger partial charge in [0.2, 0.25) is 5.91 Å². The number of hydrogen-bond donors (Lipinski definition) is 3. The Morgan fingerprint density at radius 3 is 2.31 bits per heavy atom. The average Bonchev–Trinajstić information content (AvgIpc) is 2.69. The first-order chi connectivity index (χ1) is 15.0. The molecule has 1 atom stereocenters. The molecular weight excluding hydrogens is 407 g/mol. The van der Waals surface area contributed by atoms with Crippen molar-refractivity contribution in [3.8, 4) is 0 Å². The summed E-state index contributed by atoms with van der Waals surface area (Å²) in [6.07, 6.45) is 0.320. The average molecular weight is 439 g/mol. The zero-order chi connectivity index (χ0) is 23.9. The van der Waals surface area contributed by atoms with Gasteiger partial charge in [-0.15, -0.1) is 0 Å². The maximum Gasteiger partial charge on any atom is 0.251 e. The van der Waals surface area contributed by atoms with E-state index >= 15 is 0 Å². The van der Waals surface area contributed by atoms with Crippen LogP contribution in [0.1, 0.15) is 50.0 Å². The molecule has 1 fully saturated rings. The van der Waals surface area contributed by atoms with Gasteiger partial charge >= 0.3 is 0 Å². The molecule has 170 valence electrons. The minimum atomic E-state index is -0.680. The lowest BCUT2D eigenvalue weighted by Crippen LogP contribution is -2.54. The number of aryl methyl sites for hydroxylation is 1. The first kappa shape index (κ1) is 24.8. The third-order valence-corrected chi connectivity index (χ3v) is 4.49. The van der Waals surface area contributed by atoms with Gasteiger partial charge in [-0.1, -0.05) is 35.9 Å². The normalized spacial score (nSPS) is 18.9. The quantitative estimate of drug-likeness (QED) is 0.664. The first-order valence-electron chi connectivity index (χ1n) is 10.4. The van der Waals surface area contributed by atoms with Crippen molar-refractivity contribution in [2.75, 3.05) is 0 Å². The summed E-state index contributed by atoms with van der Waals surface area (Å²) in [4.78, 5) is 29.4. The van der Waals surface area contributed by atoms with Crippen molar-refractivity contribution in [3.05, 3.63) is 82.8 Å². The van der Waals surface area contributed by atoms with E-state index in [0.29, 0.717) is 23.5 Å². The number of allylic oxidation sites excluding steroid dienone is 1. The van der Waals surface area contributed by atoms with Crippen LogP contribution >= 0.6 is 0 Å². The highest BCUT2D eigenvalue weighted by Crippen LogP contribution is 2.19. The molecule has 0 bridgehead atoms. The highest BCUT2D eigenvalue weighted by atomic mass is 19.1. The van der Waals surface area contributed by atoms with Crippen LogP contribution in [0.25, 0.3) is 0 Å². The van der Waals surface area contributed by atoms with Gasteiger partial charge in [-0.3, -0.25) is 14.6 Å². The molecule has 1 saturated heterocycles. The fraction of sp³-hybridized carbons (Fsp3) is 0.320. The lowest BCUT2D eigenvalue weighted by molar-refractivity contribution is -0.121. The Morgan fingerprint density at radius 2 is 1.81 bits per heavy atom. The van der Waals surface area contributed by atoms with Crippen LogP contribution in [0.5, 0.6) is 0 Å². The standard InChI is InChI=1S/C19H26N4O2.C6H5F/c1-11-7-6-8-13(9-11)17(24)21-15-10-14(12(2)20)16(22-18(15)25)23-19(3,4)5;7-6-4-2-1-3-5-6/h6-9,15H,10,20H2,1-5H3,(H,21,24)(H,22,23,25);1-5H/b14-12-;/t15-;/m0./s1. The van der Waals surface area contributed by atoms with Crippen LogP contribution < -0.4 is 16.4 Å². The molecule has 1 heterocycles. The Morgan fingerprint density at radius 1 is 1.16 bits per heavy atom. The van der Waals surface area contributed by atoms with Gasteiger partial charge in [-0.25, -0.2) is 4.39 Å². The highest BCUT2D eigenvalue weighted by molar-refractivity contribution is 6.13. The van der Waals surface area contributed by atoms with Gasteiger partial charge in [-0.2, -0.15) is 0 Å². The van der Waals surface area contributed by atoms with E-state index in [1.807, 2.05) is 39.8 Å². The first-order valence-corrected chi connectivity index (χ1v) is 10.4. The fourth-order valence-corrected chi connectivity index (χ4v) is 3.01. The number of amides is 2. The van der Waals surface area contributed by atoms with Crippen molar-refractivity contribution in [1.29, 1.82) is 0 Å². The molecule has 0 radical (unpaired) electrons. The van der Waals surface area contributed by atoms with E-state index in [0.717, 1.165) is 11.1 Å². The maximum atomic E-state index is 12.4. The van der Waals surface area contributed by atoms with Crippen LogP contribution in [0, 0.1) is 12.7 Å². The van der Waals surface area contributed by atoms with E-state index < -0.39 is 6.04 Å². The van der Waals surface area contributed by atoms with E-state index in [9.17, 15) is 14.0 Å². The largest absolute Gasteiger partial charge is 0.402 e. The molecule has 6 nitrogen and oxygen atoms in total. The van der Waals surface area contributed by atoms with Crippen LogP contribution in [-0.2, 0) is 4.79 Å². The number of carbonyl (C=O) groups is 2. The number of rotatable bonds is 2. The Kier molecular flexibility index (Phi) is 8.29. The molecule has 32 heavy (non-hydrogen) atoms. The van der Waals surface area contributed by atoms with Gasteiger partial charge < -0.3 is 16.4 Å². The van der Waals surface area contributed by atoms with E-state index in [2.05, 4.69) is 15.6 Å². The number of aliphatic imine (C=N–C) groups is 1. The van der Waals surface area contributed by atoms with Crippen molar-refractivity contribution >= 4 is 17.6 Å². The van der Waals surface area contributed by atoms with Crippen LogP contribution in [0.15, 0.2) is 70.9 Å². The second-order valence-corrected chi connectivity index (χ2v) is 8.68. The molecule has 1 aliphatic heterocycles. The molecule has 0 saturated carbocycles. The van der Waals surface area contributed by atoms with Gasteiger partial charge in [0, 0.05) is 23.3 Å². The van der Waals surface area contributed by atoms with Gasteiger partial charge in [0.25, 0.3) is 5.91 Å². The molecule has 0 unspecified atom stereocenters. The van der Waals surface area contributed by atoms with Crippen molar-refractivity contribution in [3.63, 3.8) is 0 Å². The van der Waals surface area contributed by atoms with Crippen molar-refractivity contribution < 1.29 is 14.0 Å². The van der Waals surface area contributed by atoms with E-state index in [-0.39, 0.29) is 23.2 Å². The van der Waals surface area contributed by atoms with E-state index in [4.69, 9.17) is 5.73 Å². The van der Waals surface area contributed by atoms with Crippen LogP contribution in [-0.4, -0.2) is 29.2 Å². The summed E-state index contributed by atoms with van der Waals surface area (Å²) >= 11 is 0. The molecule has 4 N–H and O–H groups in total. The summed E-state index contributed by atoms with van der Waals surface area (Å²) < 4.78 is 11.9. The van der Waals surface area contributed by atoms with Gasteiger partial charge in [0.15, 0.2) is 0 Å². The van der Waals surface area contributed by atoms with Gasteiger partial charge in [0.1, 0.15) is 17.7 Å². The molecule has 1 aliphatic rings. The van der Waals surface area contributed by atoms with Crippen molar-refractivity contribution in [2.24, 2.45) is 10.7 Å². The number of amidine groups is 1. The summed E-state index contributed by atoms with van der Waals surface area (Å²) in [5, 5.41) is 5.57. The molecule has 0 aromatic heterocycles. The van der Waals surface area contributed by atoms with Crippen LogP contribution in [0.2, 0.25) is 0 Å². The van der Waals surface area contributed by atoms with Crippen molar-refractivity contribution in [2.45, 2.75) is 52.6 Å². The van der Waals surface area contributed by atoms with Crippen molar-refractivity contribution in [1.82, 2.24) is 10.6 Å². The summed E-state index contributed by atoms with van der Waals surface area (Å²) in [5.74, 6) is -0.260. The minimum Gasteiger partial charge on any atom is -0.402 e. The molecule has 0 spiro atoms. The lowest BCUT2D eigenvalue weighted by atomic mass is 9.97. The molecule has 3 rings (SSSR count). The predicted octanol–water partition coefficient (Wildman–Crippen LogP) is 3.87. The molecule has 0 aliphatic carbocycles. The minimum absolute atomic E-state index is 0.178. The molecule has 7 heteroatoms. The Labute approximate surface area is 188 Å². The predicted molar refractivity (Wildman–Crippen MR) is 126 cm³/mol. The number of hydrogen-bond acceptors (Lipinski definition) is 4. The zero-order valence-electron chi connectivity index (χ0n) is 19.2. The topological polar surface area (TPSA) is 96.6 Å².